The fourth-order valence-corrected chi connectivity index (χ4v) is 1.74. The number of H-pyrrole nitrogens is 1. The van der Waals surface area contributed by atoms with Crippen LogP contribution in [-0.4, -0.2) is 21.9 Å². The van der Waals surface area contributed by atoms with E-state index in [4.69, 9.17) is 5.73 Å². The zero-order valence-electron chi connectivity index (χ0n) is 9.97. The third-order valence-corrected chi connectivity index (χ3v) is 2.54. The van der Waals surface area contributed by atoms with Crippen LogP contribution in [0.3, 0.4) is 0 Å². The largest absolute Gasteiger partial charge is 0.331 e. The normalized spacial score (nSPS) is 12.1. The lowest BCUT2D eigenvalue weighted by atomic mass is 10.0. The molecule has 0 aliphatic rings. The molecule has 1 amide bonds. The Kier molecular flexibility index (Phi) is 4.09. The van der Waals surface area contributed by atoms with Gasteiger partial charge in [0.25, 0.3) is 0 Å². The van der Waals surface area contributed by atoms with Crippen molar-refractivity contribution in [3.8, 4) is 0 Å². The van der Waals surface area contributed by atoms with Crippen LogP contribution in [0.1, 0.15) is 12.0 Å². The number of amides is 1. The number of anilines is 1. The first kappa shape index (κ1) is 12.3. The summed E-state index contributed by atoms with van der Waals surface area (Å²) in [7, 11) is 0. The fourth-order valence-electron chi connectivity index (χ4n) is 1.74. The molecule has 0 saturated heterocycles. The van der Waals surface area contributed by atoms with Crippen LogP contribution in [0.4, 0.5) is 5.95 Å². The minimum absolute atomic E-state index is 0.131. The summed E-state index contributed by atoms with van der Waals surface area (Å²) in [5, 5.41) is 2.65. The Bertz CT molecular complexity index is 481. The summed E-state index contributed by atoms with van der Waals surface area (Å²) in [6.45, 7) is 0. The second-order valence-electron chi connectivity index (χ2n) is 4.14. The van der Waals surface area contributed by atoms with Gasteiger partial charge in [-0.3, -0.25) is 10.1 Å². The molecule has 1 aromatic carbocycles. The van der Waals surface area contributed by atoms with E-state index in [0.29, 0.717) is 12.4 Å². The molecule has 0 fully saturated rings. The molecule has 5 nitrogen and oxygen atoms in total. The Labute approximate surface area is 105 Å². The molecule has 1 aromatic heterocycles. The number of hydrogen-bond acceptors (Lipinski definition) is 3. The van der Waals surface area contributed by atoms with E-state index < -0.39 is 0 Å². The van der Waals surface area contributed by atoms with Crippen LogP contribution < -0.4 is 11.1 Å². The van der Waals surface area contributed by atoms with Crippen LogP contribution in [0.2, 0.25) is 0 Å². The Hall–Kier alpha value is -2.14. The van der Waals surface area contributed by atoms with Crippen molar-refractivity contribution < 1.29 is 4.79 Å². The second-order valence-corrected chi connectivity index (χ2v) is 4.14. The highest BCUT2D eigenvalue weighted by atomic mass is 16.1. The van der Waals surface area contributed by atoms with Crippen LogP contribution in [0.25, 0.3) is 0 Å². The highest BCUT2D eigenvalue weighted by Gasteiger charge is 2.11. The summed E-state index contributed by atoms with van der Waals surface area (Å²) >= 11 is 0. The molecule has 0 bridgehead atoms. The van der Waals surface area contributed by atoms with E-state index in [9.17, 15) is 4.79 Å². The number of benzene rings is 1. The first-order valence-electron chi connectivity index (χ1n) is 5.83. The summed E-state index contributed by atoms with van der Waals surface area (Å²) in [5.41, 5.74) is 7.08. The van der Waals surface area contributed by atoms with Crippen molar-refractivity contribution in [2.24, 2.45) is 5.73 Å². The Balaban J connectivity index is 1.80. The SMILES string of the molecule is NC(CC(=O)Nc1ncc[nH]1)Cc1ccccc1. The monoisotopic (exact) mass is 244 g/mol. The van der Waals surface area contributed by atoms with Gasteiger partial charge >= 0.3 is 0 Å². The number of carbonyl (C=O) groups is 1. The number of nitrogens with zero attached hydrogens (tertiary/aromatic N) is 1. The summed E-state index contributed by atoms with van der Waals surface area (Å²) in [6.07, 6.45) is 4.20. The molecule has 1 atom stereocenters. The standard InChI is InChI=1S/C13H16N4O/c14-11(8-10-4-2-1-3-5-10)9-12(18)17-13-15-6-7-16-13/h1-7,11H,8-9,14H2,(H2,15,16,17,18). The predicted octanol–water partition coefficient (Wildman–Crippen LogP) is 1.31. The van der Waals surface area contributed by atoms with Crippen LogP contribution in [0.5, 0.6) is 0 Å². The van der Waals surface area contributed by atoms with Gasteiger partial charge in [-0.05, 0) is 12.0 Å². The van der Waals surface area contributed by atoms with Gasteiger partial charge in [0.2, 0.25) is 11.9 Å². The number of aromatic amines is 1. The van der Waals surface area contributed by atoms with Gasteiger partial charge in [0.1, 0.15) is 0 Å². The minimum atomic E-state index is -0.192. The van der Waals surface area contributed by atoms with E-state index in [1.54, 1.807) is 12.4 Å². The summed E-state index contributed by atoms with van der Waals surface area (Å²) in [4.78, 5) is 18.4. The van der Waals surface area contributed by atoms with Gasteiger partial charge in [-0.15, -0.1) is 0 Å². The third kappa shape index (κ3) is 3.71. The Morgan fingerprint density at radius 3 is 2.83 bits per heavy atom. The van der Waals surface area contributed by atoms with Gasteiger partial charge in [0.15, 0.2) is 0 Å². The maximum Gasteiger partial charge on any atom is 0.228 e. The van der Waals surface area contributed by atoms with Crippen LogP contribution in [0, 0.1) is 0 Å². The molecular weight excluding hydrogens is 228 g/mol. The number of hydrogen-bond donors (Lipinski definition) is 3. The van der Waals surface area contributed by atoms with Crippen molar-refractivity contribution in [3.05, 3.63) is 48.3 Å². The second kappa shape index (κ2) is 5.97. The molecule has 1 unspecified atom stereocenters. The highest BCUT2D eigenvalue weighted by Crippen LogP contribution is 2.05. The number of carbonyl (C=O) groups excluding carboxylic acids is 1. The average Bonchev–Trinajstić information content (AvgIpc) is 2.82. The molecule has 0 saturated carbocycles. The van der Waals surface area contributed by atoms with Crippen LogP contribution in [-0.2, 0) is 11.2 Å². The molecule has 0 spiro atoms. The van der Waals surface area contributed by atoms with E-state index in [-0.39, 0.29) is 18.4 Å². The van der Waals surface area contributed by atoms with Crippen molar-refractivity contribution >= 4 is 11.9 Å². The van der Waals surface area contributed by atoms with Crippen molar-refractivity contribution in [1.82, 2.24) is 9.97 Å². The highest BCUT2D eigenvalue weighted by molar-refractivity contribution is 5.89. The molecule has 4 N–H and O–H groups in total. The average molecular weight is 244 g/mol. The molecule has 0 aliphatic carbocycles. The minimum Gasteiger partial charge on any atom is -0.331 e. The predicted molar refractivity (Wildman–Crippen MR) is 70.0 cm³/mol. The zero-order chi connectivity index (χ0) is 12.8. The molecule has 94 valence electrons. The molecule has 2 aromatic rings. The van der Waals surface area contributed by atoms with E-state index in [2.05, 4.69) is 15.3 Å². The number of rotatable bonds is 5. The maximum absolute atomic E-state index is 11.7. The van der Waals surface area contributed by atoms with Gasteiger partial charge in [-0.1, -0.05) is 30.3 Å². The number of nitrogens with one attached hydrogen (secondary N) is 2. The number of aromatic nitrogens is 2. The topological polar surface area (TPSA) is 83.8 Å². The van der Waals surface area contributed by atoms with Gasteiger partial charge in [-0.25, -0.2) is 4.98 Å². The Morgan fingerprint density at radius 1 is 1.39 bits per heavy atom. The van der Waals surface area contributed by atoms with Gasteiger partial charge in [-0.2, -0.15) is 0 Å². The summed E-state index contributed by atoms with van der Waals surface area (Å²) in [5.74, 6) is 0.320. The van der Waals surface area contributed by atoms with E-state index in [1.165, 1.54) is 0 Å². The molecule has 5 heteroatoms. The molecule has 0 aliphatic heterocycles. The number of nitrogens with two attached hydrogens (primary N) is 1. The van der Waals surface area contributed by atoms with Crippen molar-refractivity contribution in [2.45, 2.75) is 18.9 Å². The van der Waals surface area contributed by atoms with E-state index >= 15 is 0 Å². The lowest BCUT2D eigenvalue weighted by Gasteiger charge is -2.10. The van der Waals surface area contributed by atoms with Crippen LogP contribution in [0.15, 0.2) is 42.7 Å². The lowest BCUT2D eigenvalue weighted by molar-refractivity contribution is -0.116. The zero-order valence-corrected chi connectivity index (χ0v) is 9.97. The third-order valence-electron chi connectivity index (χ3n) is 2.54. The fraction of sp³-hybridized carbons (Fsp3) is 0.231. The van der Waals surface area contributed by atoms with Gasteiger partial charge < -0.3 is 10.7 Å². The molecular formula is C13H16N4O. The molecule has 1 heterocycles. The summed E-state index contributed by atoms with van der Waals surface area (Å²) in [6, 6.07) is 9.70. The first-order chi connectivity index (χ1) is 8.74. The molecule has 18 heavy (non-hydrogen) atoms. The Morgan fingerprint density at radius 2 is 2.17 bits per heavy atom. The van der Waals surface area contributed by atoms with Gasteiger partial charge in [0.05, 0.1) is 0 Å². The van der Waals surface area contributed by atoms with Crippen molar-refractivity contribution in [1.29, 1.82) is 0 Å². The van der Waals surface area contributed by atoms with E-state index in [1.807, 2.05) is 30.3 Å². The molecule has 0 radical (unpaired) electrons. The van der Waals surface area contributed by atoms with Crippen molar-refractivity contribution in [3.63, 3.8) is 0 Å². The van der Waals surface area contributed by atoms with Crippen molar-refractivity contribution in [2.75, 3.05) is 5.32 Å². The van der Waals surface area contributed by atoms with E-state index in [0.717, 1.165) is 5.56 Å². The lowest BCUT2D eigenvalue weighted by Crippen LogP contribution is -2.29. The van der Waals surface area contributed by atoms with Gasteiger partial charge in [0, 0.05) is 24.9 Å². The first-order valence-corrected chi connectivity index (χ1v) is 5.83. The quantitative estimate of drug-likeness (QED) is 0.741. The summed E-state index contributed by atoms with van der Waals surface area (Å²) < 4.78 is 0. The smallest absolute Gasteiger partial charge is 0.228 e. The number of imidazole rings is 1. The maximum atomic E-state index is 11.7. The molecule has 2 rings (SSSR count). The van der Waals surface area contributed by atoms with Crippen LogP contribution >= 0.6 is 0 Å².